The van der Waals surface area contributed by atoms with Gasteiger partial charge in [0.2, 0.25) is 0 Å². The molecule has 1 aliphatic heterocycles. The molecule has 1 aliphatic rings. The number of aliphatic imine (C=N–C) groups is 1. The Hall–Kier alpha value is -1.57. The maximum atomic E-state index is 12.7. The van der Waals surface area contributed by atoms with Crippen LogP contribution in [0.1, 0.15) is 22.8 Å². The Balaban J connectivity index is 2.10. The quantitative estimate of drug-likeness (QED) is 0.294. The van der Waals surface area contributed by atoms with Gasteiger partial charge in [0, 0.05) is 9.13 Å². The van der Waals surface area contributed by atoms with Crippen molar-refractivity contribution in [1.29, 1.82) is 0 Å². The molecule has 1 amide bonds. The number of esters is 1. The number of amides is 1. The average molecular weight is 696 g/mol. The Labute approximate surface area is 221 Å². The van der Waals surface area contributed by atoms with Gasteiger partial charge in [-0.15, -0.1) is 0 Å². The minimum atomic E-state index is -0.768. The number of hydrogen-bond acceptors (Lipinski definition) is 6. The molecule has 2 aromatic rings. The van der Waals surface area contributed by atoms with Crippen LogP contribution in [0.3, 0.4) is 0 Å². The van der Waals surface area contributed by atoms with E-state index in [4.69, 9.17) is 21.1 Å². The predicted molar refractivity (Wildman–Crippen MR) is 144 cm³/mol. The van der Waals surface area contributed by atoms with Crippen LogP contribution in [0.15, 0.2) is 57.6 Å². The number of ether oxygens (including phenoxy) is 2. The van der Waals surface area contributed by atoms with Crippen LogP contribution in [0.2, 0.25) is 5.02 Å². The summed E-state index contributed by atoms with van der Waals surface area (Å²) in [5.74, 6) is -1.08. The molecule has 2 aromatic carbocycles. The summed E-state index contributed by atoms with van der Waals surface area (Å²) in [6, 6.07) is 10.3. The molecule has 32 heavy (non-hydrogen) atoms. The molecule has 0 fully saturated rings. The molecule has 10 heteroatoms. The molecule has 0 aromatic heterocycles. The lowest BCUT2D eigenvalue weighted by Crippen LogP contribution is -2.14. The van der Waals surface area contributed by atoms with Crippen molar-refractivity contribution < 1.29 is 24.2 Å². The molecular weight excluding hydrogens is 680 g/mol. The van der Waals surface area contributed by atoms with E-state index in [1.807, 2.05) is 12.1 Å². The van der Waals surface area contributed by atoms with Gasteiger partial charge in [0.15, 0.2) is 0 Å². The lowest BCUT2D eigenvalue weighted by atomic mass is 10.1. The molecule has 0 saturated heterocycles. The molecule has 0 saturated carbocycles. The van der Waals surface area contributed by atoms with Crippen LogP contribution < -0.4 is 4.74 Å². The highest BCUT2D eigenvalue weighted by Gasteiger charge is 2.34. The van der Waals surface area contributed by atoms with E-state index >= 15 is 0 Å². The van der Waals surface area contributed by atoms with Crippen LogP contribution in [0.4, 0.5) is 0 Å². The highest BCUT2D eigenvalue weighted by atomic mass is 127. The molecule has 3 rings (SSSR count). The van der Waals surface area contributed by atoms with Crippen molar-refractivity contribution in [2.24, 2.45) is 4.99 Å². The molecule has 0 unspecified atom stereocenters. The third-order valence-electron chi connectivity index (χ3n) is 4.21. The first kappa shape index (κ1) is 25.1. The Kier molecular flexibility index (Phi) is 8.64. The third-order valence-corrected chi connectivity index (χ3v) is 6.98. The summed E-state index contributed by atoms with van der Waals surface area (Å²) in [7, 11) is 1.56. The minimum Gasteiger partial charge on any atom is -0.506 e. The van der Waals surface area contributed by atoms with Crippen molar-refractivity contribution in [3.63, 3.8) is 0 Å². The summed E-state index contributed by atoms with van der Waals surface area (Å²) in [5, 5.41) is 11.1. The highest BCUT2D eigenvalue weighted by molar-refractivity contribution is 14.1. The van der Waals surface area contributed by atoms with Crippen LogP contribution in [-0.4, -0.2) is 35.7 Å². The number of benzene rings is 2. The van der Waals surface area contributed by atoms with E-state index in [0.29, 0.717) is 16.2 Å². The number of hydrogen-bond donors (Lipinski definition) is 1. The molecule has 0 atom stereocenters. The van der Waals surface area contributed by atoms with E-state index in [9.17, 15) is 14.7 Å². The van der Waals surface area contributed by atoms with Gasteiger partial charge in [0.05, 0.1) is 32.8 Å². The summed E-state index contributed by atoms with van der Waals surface area (Å²) < 4.78 is 12.4. The van der Waals surface area contributed by atoms with Gasteiger partial charge < -0.3 is 14.6 Å². The van der Waals surface area contributed by atoms with Crippen molar-refractivity contribution in [2.45, 2.75) is 6.92 Å². The van der Waals surface area contributed by atoms with E-state index in [1.54, 1.807) is 38.3 Å². The average Bonchev–Trinajstić information content (AvgIpc) is 3.03. The Morgan fingerprint density at radius 3 is 2.62 bits per heavy atom. The smallest absolute Gasteiger partial charge is 0.344 e. The maximum absolute atomic E-state index is 12.7. The molecule has 0 aliphatic carbocycles. The zero-order valence-electron chi connectivity index (χ0n) is 16.8. The Bertz CT molecular complexity index is 1190. The van der Waals surface area contributed by atoms with Gasteiger partial charge in [-0.3, -0.25) is 4.79 Å². The number of methoxy groups -OCH3 is 1. The standard InChI is InChI=1S/C22H16ClI2NO5S/c1-3-31-22(29)17-18(27)16(9-11-8-12(24)10-15(25)19(11)30-2)32-21(17)26-20(28)13-6-4-5-7-14(13)23/h4-10,27H,3H2,1-2H3/b16-9-,26-21?. The molecule has 1 N–H and O–H groups in total. The molecule has 0 bridgehead atoms. The molecule has 166 valence electrons. The van der Waals surface area contributed by atoms with Crippen LogP contribution in [0.25, 0.3) is 6.08 Å². The normalized spacial score (nSPS) is 16.0. The Morgan fingerprint density at radius 1 is 1.25 bits per heavy atom. The first-order valence-corrected chi connectivity index (χ1v) is 12.5. The number of rotatable bonds is 5. The van der Waals surface area contributed by atoms with Crippen molar-refractivity contribution in [3.05, 3.63) is 75.9 Å². The van der Waals surface area contributed by atoms with Crippen LogP contribution >= 0.6 is 68.5 Å². The van der Waals surface area contributed by atoms with Gasteiger partial charge in [0.25, 0.3) is 5.91 Å². The minimum absolute atomic E-state index is 0.0383. The maximum Gasteiger partial charge on any atom is 0.344 e. The molecular formula is C22H16ClI2NO5S. The van der Waals surface area contributed by atoms with Gasteiger partial charge in [-0.25, -0.2) is 9.79 Å². The second-order valence-corrected chi connectivity index (χ2v) is 10.1. The van der Waals surface area contributed by atoms with Crippen LogP contribution in [0.5, 0.6) is 5.75 Å². The zero-order chi connectivity index (χ0) is 23.4. The third kappa shape index (κ3) is 5.49. The Morgan fingerprint density at radius 2 is 1.97 bits per heavy atom. The fourth-order valence-electron chi connectivity index (χ4n) is 2.82. The molecule has 6 nitrogen and oxygen atoms in total. The lowest BCUT2D eigenvalue weighted by molar-refractivity contribution is -0.138. The van der Waals surface area contributed by atoms with Crippen molar-refractivity contribution >= 4 is 91.5 Å². The van der Waals surface area contributed by atoms with Crippen molar-refractivity contribution in [2.75, 3.05) is 13.7 Å². The number of thioether (sulfide) groups is 1. The highest BCUT2D eigenvalue weighted by Crippen LogP contribution is 2.41. The van der Waals surface area contributed by atoms with Gasteiger partial charge in [-0.05, 0) is 82.4 Å². The summed E-state index contributed by atoms with van der Waals surface area (Å²) in [6.45, 7) is 1.76. The fraction of sp³-hybridized carbons (Fsp3) is 0.136. The zero-order valence-corrected chi connectivity index (χ0v) is 22.7. The van der Waals surface area contributed by atoms with E-state index in [-0.39, 0.29) is 33.6 Å². The number of carbonyl (C=O) groups is 2. The largest absolute Gasteiger partial charge is 0.506 e. The van der Waals surface area contributed by atoms with E-state index < -0.39 is 11.9 Å². The number of aliphatic hydroxyl groups is 1. The number of halogens is 3. The monoisotopic (exact) mass is 695 g/mol. The lowest BCUT2D eigenvalue weighted by Gasteiger charge is -2.09. The molecule has 0 radical (unpaired) electrons. The van der Waals surface area contributed by atoms with Crippen LogP contribution in [0, 0.1) is 7.14 Å². The first-order valence-electron chi connectivity index (χ1n) is 9.18. The number of aliphatic hydroxyl groups excluding tert-OH is 1. The summed E-state index contributed by atoms with van der Waals surface area (Å²) in [4.78, 5) is 29.7. The summed E-state index contributed by atoms with van der Waals surface area (Å²) >= 11 is 11.5. The van der Waals surface area contributed by atoms with Crippen molar-refractivity contribution in [1.82, 2.24) is 0 Å². The number of carbonyl (C=O) groups excluding carboxylic acids is 2. The SMILES string of the molecule is CCOC(=O)C1=C(O)/C(=C/c2cc(I)cc(I)c2OC)SC1=NC(=O)c1ccccc1Cl. The van der Waals surface area contributed by atoms with E-state index in [0.717, 1.165) is 18.9 Å². The second-order valence-electron chi connectivity index (χ2n) is 6.27. The van der Waals surface area contributed by atoms with E-state index in [1.165, 1.54) is 6.07 Å². The molecule has 1 heterocycles. The van der Waals surface area contributed by atoms with Gasteiger partial charge in [0.1, 0.15) is 22.1 Å². The van der Waals surface area contributed by atoms with Crippen molar-refractivity contribution in [3.8, 4) is 5.75 Å². The topological polar surface area (TPSA) is 85.2 Å². The number of nitrogens with zero attached hydrogens (tertiary/aromatic N) is 1. The van der Waals surface area contributed by atoms with E-state index in [2.05, 4.69) is 50.2 Å². The van der Waals surface area contributed by atoms with Gasteiger partial charge in [-0.1, -0.05) is 35.5 Å². The van der Waals surface area contributed by atoms with Gasteiger partial charge in [-0.2, -0.15) is 0 Å². The predicted octanol–water partition coefficient (Wildman–Crippen LogP) is 6.26. The van der Waals surface area contributed by atoms with Crippen LogP contribution in [-0.2, 0) is 9.53 Å². The van der Waals surface area contributed by atoms with Gasteiger partial charge >= 0.3 is 5.97 Å². The fourth-order valence-corrected chi connectivity index (χ4v) is 6.15. The summed E-state index contributed by atoms with van der Waals surface area (Å²) in [5.41, 5.74) is 0.735. The molecule has 0 spiro atoms. The summed E-state index contributed by atoms with van der Waals surface area (Å²) in [6.07, 6.45) is 1.69. The second kappa shape index (κ2) is 11.0. The first-order chi connectivity index (χ1) is 15.3.